The number of hydrogen-bond donors (Lipinski definition) is 2. The van der Waals surface area contributed by atoms with Crippen LogP contribution in [-0.4, -0.2) is 91.8 Å². The maximum atomic E-state index is 13.9. The third-order valence-corrected chi connectivity index (χ3v) is 11.9. The molecule has 1 aliphatic heterocycles. The molecule has 2 N–H and O–H groups in total. The van der Waals surface area contributed by atoms with E-state index in [1.54, 1.807) is 57.2 Å². The molecule has 14 nitrogen and oxygen atoms in total. The molecule has 0 bridgehead atoms. The standard InChI is InChI=1S/C29H35N5O9S3/c1-20(35)42-23-9-7-21(8-10-23)25-11-12-26(44-25)46(40,41)34-16-15-33(19-24(34)28(37)32-43-29(2,3)4)45(38,39)17-14-31-27(36)22-6-5-13-30-18-22/h5-13,18,24H,14-17,19H2,1-4H3,(H,31,36)(H,32,37)/t24-/m1/s1. The normalized spacial score (nSPS) is 16.5. The summed E-state index contributed by atoms with van der Waals surface area (Å²) in [5, 5.41) is 2.54. The number of hydrogen-bond acceptors (Lipinski definition) is 11. The smallest absolute Gasteiger partial charge is 0.308 e. The molecule has 2 aromatic heterocycles. The lowest BCUT2D eigenvalue weighted by molar-refractivity contribution is -0.150. The number of carbonyl (C=O) groups is 3. The zero-order chi connectivity index (χ0) is 33.7. The Morgan fingerprint density at radius 3 is 2.37 bits per heavy atom. The number of nitrogens with one attached hydrogen (secondary N) is 2. The van der Waals surface area contributed by atoms with Crippen molar-refractivity contribution in [2.75, 3.05) is 31.9 Å². The first-order valence-electron chi connectivity index (χ1n) is 14.1. The van der Waals surface area contributed by atoms with Gasteiger partial charge in [0.1, 0.15) is 16.0 Å². The molecular formula is C29H35N5O9S3. The van der Waals surface area contributed by atoms with E-state index in [1.807, 2.05) is 0 Å². The van der Waals surface area contributed by atoms with Crippen LogP contribution >= 0.6 is 11.3 Å². The summed E-state index contributed by atoms with van der Waals surface area (Å²) in [7, 11) is -8.28. The third kappa shape index (κ3) is 8.95. The fourth-order valence-corrected chi connectivity index (χ4v) is 8.73. The van der Waals surface area contributed by atoms with Crippen molar-refractivity contribution in [1.82, 2.24) is 24.4 Å². The number of aromatic nitrogens is 1. The highest BCUT2D eigenvalue weighted by molar-refractivity contribution is 7.91. The molecule has 3 heterocycles. The summed E-state index contributed by atoms with van der Waals surface area (Å²) in [6.07, 6.45) is 2.86. The van der Waals surface area contributed by atoms with Crippen molar-refractivity contribution in [3.05, 3.63) is 66.5 Å². The number of carbonyl (C=O) groups excluding carboxylic acids is 3. The maximum Gasteiger partial charge on any atom is 0.308 e. The Bertz CT molecular complexity index is 1770. The SMILES string of the molecule is CC(=O)Oc1ccc(-c2ccc(S(=O)(=O)N3CCN(S(=O)(=O)CCNC(=O)c4cccnc4)C[C@@H]3C(=O)NOC(C)(C)C)s2)cc1. The van der Waals surface area contributed by atoms with Crippen molar-refractivity contribution in [2.45, 2.75) is 43.5 Å². The van der Waals surface area contributed by atoms with Crippen molar-refractivity contribution in [3.63, 3.8) is 0 Å². The predicted molar refractivity (Wildman–Crippen MR) is 170 cm³/mol. The fourth-order valence-electron chi connectivity index (χ4n) is 4.37. The van der Waals surface area contributed by atoms with Crippen LogP contribution in [0.4, 0.5) is 0 Å². The van der Waals surface area contributed by atoms with Gasteiger partial charge in [-0.05, 0) is 74.9 Å². The second kappa shape index (κ2) is 14.4. The Morgan fingerprint density at radius 2 is 1.74 bits per heavy atom. The maximum absolute atomic E-state index is 13.9. The minimum atomic E-state index is -4.27. The number of hydroxylamine groups is 1. The number of sulfonamides is 2. The van der Waals surface area contributed by atoms with Gasteiger partial charge in [0.2, 0.25) is 10.0 Å². The van der Waals surface area contributed by atoms with Gasteiger partial charge in [-0.25, -0.2) is 22.3 Å². The summed E-state index contributed by atoms with van der Waals surface area (Å²) in [5.41, 5.74) is 2.43. The van der Waals surface area contributed by atoms with Gasteiger partial charge in [-0.15, -0.1) is 11.3 Å². The molecule has 0 saturated carbocycles. The zero-order valence-corrected chi connectivity index (χ0v) is 28.1. The van der Waals surface area contributed by atoms with Crippen LogP contribution in [0.3, 0.4) is 0 Å². The predicted octanol–water partition coefficient (Wildman–Crippen LogP) is 2.02. The molecule has 0 unspecified atom stereocenters. The largest absolute Gasteiger partial charge is 0.427 e. The van der Waals surface area contributed by atoms with Crippen molar-refractivity contribution in [3.8, 4) is 16.2 Å². The second-order valence-corrected chi connectivity index (χ2v) is 16.5. The van der Waals surface area contributed by atoms with E-state index in [0.717, 1.165) is 19.9 Å². The number of esters is 1. The van der Waals surface area contributed by atoms with Gasteiger partial charge in [0, 0.05) is 50.4 Å². The molecule has 0 spiro atoms. The highest BCUT2D eigenvalue weighted by Crippen LogP contribution is 2.34. The molecule has 2 amide bonds. The van der Waals surface area contributed by atoms with Gasteiger partial charge in [-0.2, -0.15) is 8.61 Å². The minimum absolute atomic E-state index is 0.0458. The molecule has 1 aromatic carbocycles. The lowest BCUT2D eigenvalue weighted by atomic mass is 10.2. The number of nitrogens with zero attached hydrogens (tertiary/aromatic N) is 3. The molecule has 0 radical (unpaired) electrons. The summed E-state index contributed by atoms with van der Waals surface area (Å²) < 4.78 is 61.3. The molecule has 0 aliphatic carbocycles. The summed E-state index contributed by atoms with van der Waals surface area (Å²) in [4.78, 5) is 46.7. The van der Waals surface area contributed by atoms with E-state index >= 15 is 0 Å². The minimum Gasteiger partial charge on any atom is -0.427 e. The highest BCUT2D eigenvalue weighted by atomic mass is 32.2. The number of pyridine rings is 1. The van der Waals surface area contributed by atoms with E-state index in [-0.39, 0.29) is 29.4 Å². The first-order valence-corrected chi connectivity index (χ1v) is 18.0. The van der Waals surface area contributed by atoms with Crippen molar-refractivity contribution < 1.29 is 40.8 Å². The molecular weight excluding hydrogens is 659 g/mol. The lowest BCUT2D eigenvalue weighted by Crippen LogP contribution is -2.62. The van der Waals surface area contributed by atoms with E-state index in [1.165, 1.54) is 31.5 Å². The van der Waals surface area contributed by atoms with E-state index < -0.39 is 61.8 Å². The molecule has 3 aromatic rings. The molecule has 248 valence electrons. The van der Waals surface area contributed by atoms with Crippen molar-refractivity contribution >= 4 is 49.2 Å². The zero-order valence-electron chi connectivity index (χ0n) is 25.6. The molecule has 1 aliphatic rings. The Morgan fingerprint density at radius 1 is 1.02 bits per heavy atom. The van der Waals surface area contributed by atoms with Gasteiger partial charge in [-0.3, -0.25) is 24.2 Å². The first kappa shape index (κ1) is 35.1. The average Bonchev–Trinajstić information content (AvgIpc) is 3.51. The van der Waals surface area contributed by atoms with Gasteiger partial charge in [0.05, 0.1) is 16.9 Å². The summed E-state index contributed by atoms with van der Waals surface area (Å²) in [5.74, 6) is -1.92. The Balaban J connectivity index is 1.52. The Kier molecular flexibility index (Phi) is 11.0. The van der Waals surface area contributed by atoms with Crippen LogP contribution in [0.2, 0.25) is 0 Å². The van der Waals surface area contributed by atoms with E-state index in [4.69, 9.17) is 9.57 Å². The van der Waals surface area contributed by atoms with Crippen LogP contribution in [0.25, 0.3) is 10.4 Å². The summed E-state index contributed by atoms with van der Waals surface area (Å²) >= 11 is 0.979. The molecule has 1 fully saturated rings. The van der Waals surface area contributed by atoms with Crippen LogP contribution in [0.5, 0.6) is 5.75 Å². The topological polar surface area (TPSA) is 181 Å². The number of rotatable bonds is 11. The molecule has 1 saturated heterocycles. The molecule has 1 atom stereocenters. The number of benzene rings is 1. The summed E-state index contributed by atoms with van der Waals surface area (Å²) in [6.45, 7) is 5.15. The van der Waals surface area contributed by atoms with E-state index in [2.05, 4.69) is 15.8 Å². The average molecular weight is 694 g/mol. The van der Waals surface area contributed by atoms with Crippen LogP contribution in [0, 0.1) is 0 Å². The summed E-state index contributed by atoms with van der Waals surface area (Å²) in [6, 6.07) is 11.3. The van der Waals surface area contributed by atoms with Gasteiger partial charge < -0.3 is 10.1 Å². The van der Waals surface area contributed by atoms with E-state index in [0.29, 0.717) is 16.2 Å². The monoisotopic (exact) mass is 693 g/mol. The Labute approximate surface area is 271 Å². The second-order valence-electron chi connectivity index (χ2n) is 11.2. The van der Waals surface area contributed by atoms with Crippen LogP contribution in [-0.2, 0) is 34.5 Å². The van der Waals surface area contributed by atoms with Gasteiger partial charge in [0.25, 0.3) is 21.8 Å². The fraction of sp³-hybridized carbons (Fsp3) is 0.379. The molecule has 17 heteroatoms. The number of piperazine rings is 1. The highest BCUT2D eigenvalue weighted by Gasteiger charge is 2.44. The van der Waals surface area contributed by atoms with Crippen molar-refractivity contribution in [2.24, 2.45) is 0 Å². The molecule has 46 heavy (non-hydrogen) atoms. The van der Waals surface area contributed by atoms with Crippen LogP contribution < -0.4 is 15.5 Å². The number of thiophene rings is 1. The Hall–Kier alpha value is -3.74. The molecule has 4 rings (SSSR count). The van der Waals surface area contributed by atoms with Crippen LogP contribution in [0.15, 0.2) is 65.1 Å². The van der Waals surface area contributed by atoms with Gasteiger partial charge in [-0.1, -0.05) is 0 Å². The van der Waals surface area contributed by atoms with Gasteiger partial charge >= 0.3 is 5.97 Å². The van der Waals surface area contributed by atoms with Crippen LogP contribution in [0.1, 0.15) is 38.1 Å². The first-order chi connectivity index (χ1) is 21.6. The number of ether oxygens (including phenoxy) is 1. The van der Waals surface area contributed by atoms with Crippen molar-refractivity contribution in [1.29, 1.82) is 0 Å². The number of amides is 2. The third-order valence-electron chi connectivity index (χ3n) is 6.56. The van der Waals surface area contributed by atoms with E-state index in [9.17, 15) is 31.2 Å². The van der Waals surface area contributed by atoms with Gasteiger partial charge in [0.15, 0.2) is 0 Å². The lowest BCUT2D eigenvalue weighted by Gasteiger charge is -2.38. The quantitative estimate of drug-likeness (QED) is 0.171.